The minimum atomic E-state index is 0.201. The van der Waals surface area contributed by atoms with Gasteiger partial charge in [0, 0.05) is 33.0 Å². The molecule has 2 aliphatic rings. The Kier molecular flexibility index (Phi) is 9.73. The standard InChI is InChI=1S/C14H19NO.C2H6.CH4O/c1-11-5-3-4-6-13(9-11)14-7-8-15(10-14)12(2)16;2*1-2/h3-6,9,11,14H,7-8,10H2,1-2H3;1-2H3;2H,1H3. The summed E-state index contributed by atoms with van der Waals surface area (Å²) < 4.78 is 0. The number of rotatable bonds is 1. The Bertz CT molecular complexity index is 369. The maximum atomic E-state index is 11.3. The van der Waals surface area contributed by atoms with Gasteiger partial charge in [0.25, 0.3) is 0 Å². The van der Waals surface area contributed by atoms with Gasteiger partial charge in [-0.2, -0.15) is 0 Å². The molecule has 1 saturated heterocycles. The van der Waals surface area contributed by atoms with Gasteiger partial charge in [-0.3, -0.25) is 4.79 Å². The van der Waals surface area contributed by atoms with E-state index in [0.717, 1.165) is 26.6 Å². The summed E-state index contributed by atoms with van der Waals surface area (Å²) in [5.41, 5.74) is 1.39. The molecule has 1 aliphatic carbocycles. The molecule has 1 fully saturated rings. The largest absolute Gasteiger partial charge is 0.400 e. The lowest BCUT2D eigenvalue weighted by molar-refractivity contribution is -0.127. The predicted octanol–water partition coefficient (Wildman–Crippen LogP) is 3.18. The third-order valence-corrected chi connectivity index (χ3v) is 3.37. The van der Waals surface area contributed by atoms with Crippen molar-refractivity contribution in [3.63, 3.8) is 0 Å². The number of hydrogen-bond acceptors (Lipinski definition) is 2. The summed E-state index contributed by atoms with van der Waals surface area (Å²) in [6.45, 7) is 9.65. The van der Waals surface area contributed by atoms with Crippen LogP contribution >= 0.6 is 0 Å². The van der Waals surface area contributed by atoms with Crippen LogP contribution in [0.25, 0.3) is 0 Å². The smallest absolute Gasteiger partial charge is 0.219 e. The Hall–Kier alpha value is -1.35. The molecule has 2 atom stereocenters. The summed E-state index contributed by atoms with van der Waals surface area (Å²) in [5.74, 6) is 1.23. The molecule has 0 radical (unpaired) electrons. The van der Waals surface area contributed by atoms with Crippen molar-refractivity contribution in [1.82, 2.24) is 4.90 Å². The molecule has 1 aliphatic heterocycles. The monoisotopic (exact) mass is 279 g/mol. The minimum absolute atomic E-state index is 0.201. The molecule has 1 amide bonds. The Balaban J connectivity index is 0.000000829. The Labute approximate surface area is 123 Å². The van der Waals surface area contributed by atoms with Gasteiger partial charge in [-0.15, -0.1) is 0 Å². The molecule has 0 aromatic rings. The predicted molar refractivity (Wildman–Crippen MR) is 85.4 cm³/mol. The fourth-order valence-electron chi connectivity index (χ4n) is 2.41. The molecule has 3 nitrogen and oxygen atoms in total. The average Bonchev–Trinajstić information content (AvgIpc) is 2.87. The number of nitrogens with zero attached hydrogens (tertiary/aromatic N) is 1. The van der Waals surface area contributed by atoms with Crippen LogP contribution in [0.1, 0.15) is 34.1 Å². The molecule has 1 heterocycles. The van der Waals surface area contributed by atoms with Gasteiger partial charge in [0.1, 0.15) is 0 Å². The summed E-state index contributed by atoms with van der Waals surface area (Å²) >= 11 is 0. The highest BCUT2D eigenvalue weighted by Gasteiger charge is 2.26. The zero-order valence-corrected chi connectivity index (χ0v) is 13.5. The molecule has 0 saturated carbocycles. The number of allylic oxidation sites excluding steroid dienone is 5. The number of carbonyl (C=O) groups excluding carboxylic acids is 1. The van der Waals surface area contributed by atoms with Gasteiger partial charge in [-0.25, -0.2) is 0 Å². The molecule has 0 aromatic carbocycles. The molecule has 3 heteroatoms. The van der Waals surface area contributed by atoms with Crippen LogP contribution in [-0.2, 0) is 4.79 Å². The van der Waals surface area contributed by atoms with Crippen molar-refractivity contribution < 1.29 is 9.90 Å². The van der Waals surface area contributed by atoms with Crippen LogP contribution in [-0.4, -0.2) is 36.1 Å². The van der Waals surface area contributed by atoms with Gasteiger partial charge in [-0.05, 0) is 17.9 Å². The molecule has 1 N–H and O–H groups in total. The van der Waals surface area contributed by atoms with E-state index in [9.17, 15) is 4.79 Å². The molecular weight excluding hydrogens is 250 g/mol. The number of amides is 1. The van der Waals surface area contributed by atoms with Crippen molar-refractivity contribution in [3.05, 3.63) is 36.0 Å². The van der Waals surface area contributed by atoms with Crippen LogP contribution in [0.3, 0.4) is 0 Å². The summed E-state index contributed by atoms with van der Waals surface area (Å²) in [5, 5.41) is 7.00. The Morgan fingerprint density at radius 2 is 1.95 bits per heavy atom. The van der Waals surface area contributed by atoms with Crippen molar-refractivity contribution in [2.24, 2.45) is 11.8 Å². The van der Waals surface area contributed by atoms with Crippen LogP contribution in [0.2, 0.25) is 0 Å². The molecule has 2 rings (SSSR count). The fourth-order valence-corrected chi connectivity index (χ4v) is 2.41. The maximum Gasteiger partial charge on any atom is 0.219 e. The zero-order valence-electron chi connectivity index (χ0n) is 13.5. The highest BCUT2D eigenvalue weighted by molar-refractivity contribution is 5.73. The maximum absolute atomic E-state index is 11.3. The third kappa shape index (κ3) is 5.74. The van der Waals surface area contributed by atoms with Crippen LogP contribution in [0.4, 0.5) is 0 Å². The second kappa shape index (κ2) is 10.4. The van der Waals surface area contributed by atoms with E-state index in [4.69, 9.17) is 5.11 Å². The summed E-state index contributed by atoms with van der Waals surface area (Å²) in [7, 11) is 1.00. The van der Waals surface area contributed by atoms with E-state index < -0.39 is 0 Å². The van der Waals surface area contributed by atoms with Crippen LogP contribution in [0.15, 0.2) is 36.0 Å². The average molecular weight is 279 g/mol. The molecule has 0 aromatic heterocycles. The molecular formula is C17H29NO2. The van der Waals surface area contributed by atoms with Crippen LogP contribution in [0, 0.1) is 11.8 Å². The minimum Gasteiger partial charge on any atom is -0.400 e. The van der Waals surface area contributed by atoms with E-state index >= 15 is 0 Å². The Morgan fingerprint density at radius 3 is 2.50 bits per heavy atom. The van der Waals surface area contributed by atoms with E-state index in [2.05, 4.69) is 37.3 Å². The quantitative estimate of drug-likeness (QED) is 0.801. The first kappa shape index (κ1) is 18.7. The van der Waals surface area contributed by atoms with Crippen molar-refractivity contribution in [2.75, 3.05) is 20.2 Å². The van der Waals surface area contributed by atoms with Crippen molar-refractivity contribution >= 4 is 5.91 Å². The van der Waals surface area contributed by atoms with Gasteiger partial charge in [0.2, 0.25) is 5.91 Å². The van der Waals surface area contributed by atoms with E-state index in [1.165, 1.54) is 5.57 Å². The molecule has 20 heavy (non-hydrogen) atoms. The van der Waals surface area contributed by atoms with E-state index in [1.807, 2.05) is 18.7 Å². The first-order valence-electron chi connectivity index (χ1n) is 7.43. The summed E-state index contributed by atoms with van der Waals surface area (Å²) in [4.78, 5) is 13.2. The van der Waals surface area contributed by atoms with E-state index in [1.54, 1.807) is 6.92 Å². The first-order valence-corrected chi connectivity index (χ1v) is 7.43. The van der Waals surface area contributed by atoms with Crippen molar-refractivity contribution in [2.45, 2.75) is 34.1 Å². The topological polar surface area (TPSA) is 40.5 Å². The highest BCUT2D eigenvalue weighted by Crippen LogP contribution is 2.27. The number of carbonyl (C=O) groups is 1. The van der Waals surface area contributed by atoms with Gasteiger partial charge < -0.3 is 10.0 Å². The molecule has 2 unspecified atom stereocenters. The first-order chi connectivity index (χ1) is 9.66. The lowest BCUT2D eigenvalue weighted by Crippen LogP contribution is -2.26. The van der Waals surface area contributed by atoms with E-state index in [0.29, 0.717) is 11.8 Å². The van der Waals surface area contributed by atoms with Gasteiger partial charge in [-0.1, -0.05) is 51.2 Å². The molecule has 114 valence electrons. The third-order valence-electron chi connectivity index (χ3n) is 3.37. The van der Waals surface area contributed by atoms with E-state index in [-0.39, 0.29) is 5.91 Å². The number of hydrogen-bond donors (Lipinski definition) is 1. The zero-order chi connectivity index (χ0) is 15.5. The Morgan fingerprint density at radius 1 is 1.30 bits per heavy atom. The van der Waals surface area contributed by atoms with Gasteiger partial charge in [0.05, 0.1) is 0 Å². The highest BCUT2D eigenvalue weighted by atomic mass is 16.2. The second-order valence-electron chi connectivity index (χ2n) is 4.72. The number of likely N-dealkylation sites (tertiary alicyclic amines) is 1. The number of aliphatic hydroxyl groups is 1. The van der Waals surface area contributed by atoms with Gasteiger partial charge in [0.15, 0.2) is 0 Å². The molecule has 0 spiro atoms. The van der Waals surface area contributed by atoms with Crippen molar-refractivity contribution in [1.29, 1.82) is 0 Å². The second-order valence-corrected chi connectivity index (χ2v) is 4.72. The SMILES string of the molecule is CC.CC(=O)N1CCC(C2=CC(C)C=CC=C2)C1.CO. The van der Waals surface area contributed by atoms with Crippen LogP contribution < -0.4 is 0 Å². The number of aliphatic hydroxyl groups excluding tert-OH is 1. The summed E-state index contributed by atoms with van der Waals surface area (Å²) in [6, 6.07) is 0. The lowest BCUT2D eigenvalue weighted by atomic mass is 9.95. The lowest BCUT2D eigenvalue weighted by Gasteiger charge is -2.15. The van der Waals surface area contributed by atoms with Gasteiger partial charge >= 0.3 is 0 Å². The van der Waals surface area contributed by atoms with Crippen molar-refractivity contribution in [3.8, 4) is 0 Å². The normalized spacial score (nSPS) is 23.9. The van der Waals surface area contributed by atoms with Crippen LogP contribution in [0.5, 0.6) is 0 Å². The summed E-state index contributed by atoms with van der Waals surface area (Å²) in [6.07, 6.45) is 12.0. The molecule has 0 bridgehead atoms. The fraction of sp³-hybridized carbons (Fsp3) is 0.588.